The summed E-state index contributed by atoms with van der Waals surface area (Å²) in [5.74, 6) is -2.63. The number of rotatable bonds is 4. The van der Waals surface area contributed by atoms with E-state index in [1.165, 1.54) is 12.1 Å². The van der Waals surface area contributed by atoms with Crippen molar-refractivity contribution in [2.75, 3.05) is 6.61 Å². The van der Waals surface area contributed by atoms with Gasteiger partial charge >= 0.3 is 0 Å². The minimum atomic E-state index is -3.83. The molecule has 0 radical (unpaired) electrons. The third-order valence-corrected chi connectivity index (χ3v) is 5.34. The maximum atomic E-state index is 13.2. The van der Waals surface area contributed by atoms with Gasteiger partial charge in [0.25, 0.3) is 10.1 Å². The molecular formula is C15H20F2O3S. The summed E-state index contributed by atoms with van der Waals surface area (Å²) in [5, 5.41) is 0. The van der Waals surface area contributed by atoms with E-state index in [9.17, 15) is 17.2 Å². The Kier molecular flexibility index (Phi) is 4.40. The molecule has 21 heavy (non-hydrogen) atoms. The van der Waals surface area contributed by atoms with Crippen LogP contribution in [0.3, 0.4) is 0 Å². The summed E-state index contributed by atoms with van der Waals surface area (Å²) in [6.45, 7) is 3.60. The molecule has 1 fully saturated rings. The topological polar surface area (TPSA) is 43.4 Å². The molecule has 1 saturated carbocycles. The second kappa shape index (κ2) is 5.65. The van der Waals surface area contributed by atoms with Crippen LogP contribution in [0.2, 0.25) is 0 Å². The van der Waals surface area contributed by atoms with E-state index in [4.69, 9.17) is 4.18 Å². The molecule has 0 aromatic heterocycles. The Balaban J connectivity index is 2.00. The molecule has 3 nitrogen and oxygen atoms in total. The van der Waals surface area contributed by atoms with Crippen LogP contribution in [0.1, 0.15) is 38.2 Å². The largest absolute Gasteiger partial charge is 0.296 e. The smallest absolute Gasteiger partial charge is 0.266 e. The maximum Gasteiger partial charge on any atom is 0.296 e. The van der Waals surface area contributed by atoms with Crippen molar-refractivity contribution in [3.05, 3.63) is 29.8 Å². The molecule has 0 amide bonds. The van der Waals surface area contributed by atoms with Crippen molar-refractivity contribution in [2.45, 2.75) is 50.3 Å². The predicted molar refractivity (Wildman–Crippen MR) is 75.8 cm³/mol. The lowest BCUT2D eigenvalue weighted by atomic mass is 9.75. The summed E-state index contributed by atoms with van der Waals surface area (Å²) in [7, 11) is -3.83. The van der Waals surface area contributed by atoms with Crippen LogP contribution in [0.5, 0.6) is 0 Å². The average Bonchev–Trinajstić information content (AvgIpc) is 2.42. The number of hydrogen-bond acceptors (Lipinski definition) is 3. The highest BCUT2D eigenvalue weighted by Crippen LogP contribution is 2.43. The molecule has 0 heterocycles. The van der Waals surface area contributed by atoms with Crippen LogP contribution < -0.4 is 0 Å². The van der Waals surface area contributed by atoms with Crippen molar-refractivity contribution in [1.82, 2.24) is 0 Å². The molecule has 0 bridgehead atoms. The first-order valence-electron chi connectivity index (χ1n) is 6.96. The minimum absolute atomic E-state index is 0.0563. The minimum Gasteiger partial charge on any atom is -0.266 e. The molecular weight excluding hydrogens is 298 g/mol. The maximum absolute atomic E-state index is 13.2. The fraction of sp³-hybridized carbons (Fsp3) is 0.600. The highest BCUT2D eigenvalue weighted by atomic mass is 32.2. The van der Waals surface area contributed by atoms with E-state index in [1.807, 2.05) is 6.92 Å². The third-order valence-electron chi connectivity index (χ3n) is 4.06. The van der Waals surface area contributed by atoms with Crippen molar-refractivity contribution in [3.63, 3.8) is 0 Å². The van der Waals surface area contributed by atoms with Crippen molar-refractivity contribution in [3.8, 4) is 0 Å². The van der Waals surface area contributed by atoms with E-state index in [2.05, 4.69) is 0 Å². The van der Waals surface area contributed by atoms with E-state index in [0.717, 1.165) is 5.56 Å². The molecule has 6 heteroatoms. The number of halogens is 2. The fourth-order valence-electron chi connectivity index (χ4n) is 2.36. The monoisotopic (exact) mass is 318 g/mol. The number of aryl methyl sites for hydroxylation is 1. The molecule has 118 valence electrons. The summed E-state index contributed by atoms with van der Waals surface area (Å²) >= 11 is 0. The zero-order chi connectivity index (χ0) is 15.7. The van der Waals surface area contributed by atoms with Crippen molar-refractivity contribution < 1.29 is 21.4 Å². The van der Waals surface area contributed by atoms with Crippen molar-refractivity contribution >= 4 is 10.1 Å². The highest BCUT2D eigenvalue weighted by Gasteiger charge is 2.41. The van der Waals surface area contributed by atoms with Gasteiger partial charge in [-0.15, -0.1) is 0 Å². The van der Waals surface area contributed by atoms with E-state index < -0.39 is 21.5 Å². The third kappa shape index (κ3) is 4.23. The number of hydrogen-bond donors (Lipinski definition) is 0. The Bertz CT molecular complexity index is 584. The van der Waals surface area contributed by atoms with Gasteiger partial charge in [-0.1, -0.05) is 24.6 Å². The molecule has 2 rings (SSSR count). The fourth-order valence-corrected chi connectivity index (χ4v) is 3.40. The van der Waals surface area contributed by atoms with Crippen LogP contribution in [0.25, 0.3) is 0 Å². The Morgan fingerprint density at radius 1 is 1.10 bits per heavy atom. The first kappa shape index (κ1) is 16.4. The van der Waals surface area contributed by atoms with Gasteiger partial charge in [-0.05, 0) is 37.3 Å². The predicted octanol–water partition coefficient (Wildman–Crippen LogP) is 3.92. The highest BCUT2D eigenvalue weighted by molar-refractivity contribution is 7.86. The lowest BCUT2D eigenvalue weighted by molar-refractivity contribution is -0.0707. The van der Waals surface area contributed by atoms with Crippen LogP contribution >= 0.6 is 0 Å². The Labute approximate surface area is 124 Å². The first-order valence-corrected chi connectivity index (χ1v) is 8.37. The van der Waals surface area contributed by atoms with Gasteiger partial charge in [0, 0.05) is 12.8 Å². The normalized spacial score (nSPS) is 21.1. The van der Waals surface area contributed by atoms with Gasteiger partial charge in [0.1, 0.15) is 0 Å². The first-order chi connectivity index (χ1) is 9.62. The van der Waals surface area contributed by atoms with Crippen LogP contribution in [0.15, 0.2) is 29.2 Å². The van der Waals surface area contributed by atoms with Gasteiger partial charge in [0.2, 0.25) is 5.92 Å². The molecule has 0 N–H and O–H groups in total. The van der Waals surface area contributed by atoms with Crippen LogP contribution in [0, 0.1) is 12.3 Å². The summed E-state index contributed by atoms with van der Waals surface area (Å²) in [6.07, 6.45) is 0.113. The Morgan fingerprint density at radius 2 is 1.62 bits per heavy atom. The molecule has 0 saturated heterocycles. The van der Waals surface area contributed by atoms with Crippen LogP contribution in [0.4, 0.5) is 8.78 Å². The second-order valence-corrected chi connectivity index (χ2v) is 7.81. The molecule has 0 aliphatic heterocycles. The van der Waals surface area contributed by atoms with E-state index in [-0.39, 0.29) is 37.2 Å². The quantitative estimate of drug-likeness (QED) is 0.790. The lowest BCUT2D eigenvalue weighted by Gasteiger charge is -2.36. The van der Waals surface area contributed by atoms with E-state index in [0.29, 0.717) is 0 Å². The van der Waals surface area contributed by atoms with Gasteiger partial charge in [-0.2, -0.15) is 8.42 Å². The van der Waals surface area contributed by atoms with Gasteiger partial charge < -0.3 is 0 Å². The second-order valence-electron chi connectivity index (χ2n) is 6.20. The lowest BCUT2D eigenvalue weighted by Crippen LogP contribution is -2.35. The summed E-state index contributed by atoms with van der Waals surface area (Å²) < 4.78 is 55.6. The zero-order valence-electron chi connectivity index (χ0n) is 12.2. The van der Waals surface area contributed by atoms with Crippen LogP contribution in [-0.2, 0) is 14.3 Å². The van der Waals surface area contributed by atoms with E-state index in [1.54, 1.807) is 19.1 Å². The van der Waals surface area contributed by atoms with Crippen LogP contribution in [-0.4, -0.2) is 20.9 Å². The zero-order valence-corrected chi connectivity index (χ0v) is 13.1. The van der Waals surface area contributed by atoms with Gasteiger partial charge in [0.05, 0.1) is 11.5 Å². The van der Waals surface area contributed by atoms with Gasteiger partial charge in [-0.25, -0.2) is 8.78 Å². The Hall–Kier alpha value is -1.01. The summed E-state index contributed by atoms with van der Waals surface area (Å²) in [4.78, 5) is 0.0952. The van der Waals surface area contributed by atoms with Gasteiger partial charge in [0.15, 0.2) is 0 Å². The molecule has 0 spiro atoms. The van der Waals surface area contributed by atoms with Crippen molar-refractivity contribution in [1.29, 1.82) is 0 Å². The van der Waals surface area contributed by atoms with Crippen molar-refractivity contribution in [2.24, 2.45) is 5.41 Å². The average molecular weight is 318 g/mol. The molecule has 1 aromatic rings. The van der Waals surface area contributed by atoms with E-state index >= 15 is 0 Å². The molecule has 1 aliphatic carbocycles. The summed E-state index contributed by atoms with van der Waals surface area (Å²) in [5.41, 5.74) is 0.440. The Morgan fingerprint density at radius 3 is 2.14 bits per heavy atom. The van der Waals surface area contributed by atoms with Gasteiger partial charge in [-0.3, -0.25) is 4.18 Å². The molecule has 1 aliphatic rings. The standard InChI is InChI=1S/C15H20F2O3S/c1-12-3-5-13(6-4-12)21(18,19)20-11-14(2)7-9-15(16,17)10-8-14/h3-6H,7-11H2,1-2H3. The molecule has 0 atom stereocenters. The number of benzene rings is 1. The summed E-state index contributed by atoms with van der Waals surface area (Å²) in [6, 6.07) is 6.36. The SMILES string of the molecule is Cc1ccc(S(=O)(=O)OCC2(C)CCC(F)(F)CC2)cc1. The molecule has 0 unspecified atom stereocenters. The molecule has 1 aromatic carbocycles. The number of alkyl halides is 2.